The molecule has 5 rings (SSSR count). The topological polar surface area (TPSA) is 112 Å². The first kappa shape index (κ1) is 26.1. The van der Waals surface area contributed by atoms with Crippen molar-refractivity contribution in [2.24, 2.45) is 0 Å². The van der Waals surface area contributed by atoms with Crippen molar-refractivity contribution in [2.75, 3.05) is 20.2 Å². The average Bonchev–Trinajstić information content (AvgIpc) is 3.61. The molecule has 0 atom stereocenters. The minimum atomic E-state index is -0.784. The van der Waals surface area contributed by atoms with Crippen molar-refractivity contribution >= 4 is 40.9 Å². The molecule has 12 heteroatoms. The third kappa shape index (κ3) is 4.62. The van der Waals surface area contributed by atoms with Gasteiger partial charge in [-0.2, -0.15) is 0 Å². The van der Waals surface area contributed by atoms with Gasteiger partial charge >= 0.3 is 13.1 Å². The molecule has 1 amide bonds. The Morgan fingerprint density at radius 3 is 2.61 bits per heavy atom. The van der Waals surface area contributed by atoms with Gasteiger partial charge < -0.3 is 23.9 Å². The molecule has 2 aromatic heterocycles. The standard InChI is InChI=1S/C26H31BFN5O5/c1-25(2)26(3,4)38-27(37-25)19-13-17(22(28)23-18(19)14-20(30-23)24(35)36-5)16-7-6-10-32(15-16)21(34)8-11-33-12-9-29-31-33/h7,9,12-14,30H,6,8,10-11,15H2,1-5H3. The monoisotopic (exact) mass is 523 g/mol. The van der Waals surface area contributed by atoms with Crippen LogP contribution < -0.4 is 5.46 Å². The molecule has 0 bridgehead atoms. The van der Waals surface area contributed by atoms with Crippen molar-refractivity contribution in [1.82, 2.24) is 24.9 Å². The molecular formula is C26H31BFN5O5. The third-order valence-corrected chi connectivity index (χ3v) is 7.67. The molecule has 0 spiro atoms. The lowest BCUT2D eigenvalue weighted by molar-refractivity contribution is -0.131. The summed E-state index contributed by atoms with van der Waals surface area (Å²) in [7, 11) is 0.485. The van der Waals surface area contributed by atoms with Gasteiger partial charge in [-0.15, -0.1) is 5.10 Å². The molecule has 2 aliphatic heterocycles. The van der Waals surface area contributed by atoms with E-state index in [0.717, 1.165) is 0 Å². The van der Waals surface area contributed by atoms with E-state index >= 15 is 4.39 Å². The average molecular weight is 523 g/mol. The number of esters is 1. The summed E-state index contributed by atoms with van der Waals surface area (Å²) < 4.78 is 35.1. The van der Waals surface area contributed by atoms with Crippen LogP contribution in [0.1, 0.15) is 56.6 Å². The minimum absolute atomic E-state index is 0.0494. The number of hydrogen-bond acceptors (Lipinski definition) is 7. The maximum absolute atomic E-state index is 16.0. The van der Waals surface area contributed by atoms with Crippen molar-refractivity contribution in [3.05, 3.63) is 47.7 Å². The number of hydrogen-bond donors (Lipinski definition) is 1. The number of ether oxygens (including phenoxy) is 1. The van der Waals surface area contributed by atoms with E-state index in [1.165, 1.54) is 7.11 Å². The van der Waals surface area contributed by atoms with E-state index in [1.54, 1.807) is 34.1 Å². The van der Waals surface area contributed by atoms with Crippen molar-refractivity contribution in [3.63, 3.8) is 0 Å². The van der Waals surface area contributed by atoms with E-state index in [-0.39, 0.29) is 30.1 Å². The highest BCUT2D eigenvalue weighted by atomic mass is 19.1. The summed E-state index contributed by atoms with van der Waals surface area (Å²) in [5, 5.41) is 8.13. The second-order valence-corrected chi connectivity index (χ2v) is 10.6. The Balaban J connectivity index is 1.51. The van der Waals surface area contributed by atoms with E-state index in [4.69, 9.17) is 14.0 Å². The number of fused-ring (bicyclic) bond motifs is 1. The fourth-order valence-electron chi connectivity index (χ4n) is 4.78. The summed E-state index contributed by atoms with van der Waals surface area (Å²) in [4.78, 5) is 29.8. The lowest BCUT2D eigenvalue weighted by Crippen LogP contribution is -2.41. The molecule has 0 saturated carbocycles. The molecule has 1 saturated heterocycles. The highest BCUT2D eigenvalue weighted by molar-refractivity contribution is 6.65. The number of aromatic nitrogens is 4. The summed E-state index contributed by atoms with van der Waals surface area (Å²) in [6.07, 6.45) is 6.07. The number of methoxy groups -OCH3 is 1. The third-order valence-electron chi connectivity index (χ3n) is 7.67. The van der Waals surface area contributed by atoms with Crippen LogP contribution in [-0.2, 0) is 25.4 Å². The Bertz CT molecular complexity index is 1400. The van der Waals surface area contributed by atoms with Crippen LogP contribution in [0.4, 0.5) is 4.39 Å². The molecule has 0 unspecified atom stereocenters. The van der Waals surface area contributed by atoms with Crippen LogP contribution in [0.5, 0.6) is 0 Å². The van der Waals surface area contributed by atoms with Gasteiger partial charge in [0.05, 0.1) is 36.6 Å². The zero-order valence-corrected chi connectivity index (χ0v) is 22.2. The summed E-state index contributed by atoms with van der Waals surface area (Å²) in [6.45, 7) is 8.99. The van der Waals surface area contributed by atoms with E-state index in [0.29, 0.717) is 41.5 Å². The van der Waals surface area contributed by atoms with E-state index in [9.17, 15) is 9.59 Å². The maximum atomic E-state index is 16.0. The van der Waals surface area contributed by atoms with Gasteiger partial charge in [0.2, 0.25) is 5.91 Å². The smallest absolute Gasteiger partial charge is 0.464 e. The van der Waals surface area contributed by atoms with Gasteiger partial charge in [0.15, 0.2) is 5.82 Å². The first-order valence-corrected chi connectivity index (χ1v) is 12.6. The van der Waals surface area contributed by atoms with Crippen LogP contribution >= 0.6 is 0 Å². The second kappa shape index (κ2) is 9.66. The van der Waals surface area contributed by atoms with E-state index < -0.39 is 30.1 Å². The summed E-state index contributed by atoms with van der Waals surface area (Å²) >= 11 is 0. The van der Waals surface area contributed by atoms with Crippen LogP contribution in [0.3, 0.4) is 0 Å². The first-order chi connectivity index (χ1) is 18.0. The number of benzene rings is 1. The molecule has 1 N–H and O–H groups in total. The number of carbonyl (C=O) groups is 2. The minimum Gasteiger partial charge on any atom is -0.464 e. The summed E-state index contributed by atoms with van der Waals surface area (Å²) in [5.74, 6) is -1.17. The number of halogens is 1. The van der Waals surface area contributed by atoms with E-state index in [1.807, 2.05) is 33.8 Å². The highest BCUT2D eigenvalue weighted by Gasteiger charge is 2.52. The van der Waals surface area contributed by atoms with Gasteiger partial charge in [-0.3, -0.25) is 9.48 Å². The molecule has 2 aliphatic rings. The molecule has 3 aromatic rings. The second-order valence-electron chi connectivity index (χ2n) is 10.6. The largest absolute Gasteiger partial charge is 0.495 e. The zero-order valence-electron chi connectivity index (χ0n) is 22.2. The maximum Gasteiger partial charge on any atom is 0.495 e. The lowest BCUT2D eigenvalue weighted by Gasteiger charge is -2.32. The zero-order chi connectivity index (χ0) is 27.2. The van der Waals surface area contributed by atoms with Crippen molar-refractivity contribution in [1.29, 1.82) is 0 Å². The molecule has 1 aromatic carbocycles. The van der Waals surface area contributed by atoms with Gasteiger partial charge in [-0.05, 0) is 51.2 Å². The van der Waals surface area contributed by atoms with Crippen molar-refractivity contribution < 1.29 is 28.0 Å². The summed E-state index contributed by atoms with van der Waals surface area (Å²) in [6, 6.07) is 3.27. The van der Waals surface area contributed by atoms with Crippen LogP contribution in [0.15, 0.2) is 30.6 Å². The van der Waals surface area contributed by atoms with Gasteiger partial charge in [0, 0.05) is 36.7 Å². The van der Waals surface area contributed by atoms with Gasteiger partial charge in [0.1, 0.15) is 5.69 Å². The van der Waals surface area contributed by atoms with Crippen LogP contribution in [0.2, 0.25) is 0 Å². The van der Waals surface area contributed by atoms with Gasteiger partial charge in [0.25, 0.3) is 0 Å². The number of rotatable bonds is 6. The Labute approximate surface area is 220 Å². The predicted molar refractivity (Wildman–Crippen MR) is 139 cm³/mol. The Morgan fingerprint density at radius 1 is 1.21 bits per heavy atom. The van der Waals surface area contributed by atoms with Crippen molar-refractivity contribution in [2.45, 2.75) is 58.3 Å². The molecule has 200 valence electrons. The first-order valence-electron chi connectivity index (χ1n) is 12.6. The highest BCUT2D eigenvalue weighted by Crippen LogP contribution is 2.38. The summed E-state index contributed by atoms with van der Waals surface area (Å²) in [5.41, 5.74) is 0.652. The van der Waals surface area contributed by atoms with Gasteiger partial charge in [-0.25, -0.2) is 9.18 Å². The Kier molecular flexibility index (Phi) is 6.64. The van der Waals surface area contributed by atoms with Crippen LogP contribution in [0, 0.1) is 5.82 Å². The van der Waals surface area contributed by atoms with Crippen LogP contribution in [0.25, 0.3) is 16.5 Å². The molecular weight excluding hydrogens is 492 g/mol. The number of carbonyl (C=O) groups excluding carboxylic acids is 2. The van der Waals surface area contributed by atoms with E-state index in [2.05, 4.69) is 15.3 Å². The number of nitrogens with one attached hydrogen (secondary N) is 1. The SMILES string of the molecule is COC(=O)c1cc2c(B3OC(C)(C)C(C)(C)O3)cc(C3=CCCN(C(=O)CCn4ccnn4)C3)c(F)c2[nH]1. The molecule has 10 nitrogen and oxygen atoms in total. The fraction of sp³-hybridized carbons (Fsp3) is 0.462. The molecule has 1 fully saturated rings. The van der Waals surface area contributed by atoms with Crippen LogP contribution in [-0.4, -0.2) is 75.3 Å². The Hall–Kier alpha value is -3.51. The fourth-order valence-corrected chi connectivity index (χ4v) is 4.78. The molecule has 0 aliphatic carbocycles. The van der Waals surface area contributed by atoms with Crippen molar-refractivity contribution in [3.8, 4) is 0 Å². The van der Waals surface area contributed by atoms with Gasteiger partial charge in [-0.1, -0.05) is 17.4 Å². The predicted octanol–water partition coefficient (Wildman–Crippen LogP) is 2.69. The number of amides is 1. The number of aromatic amines is 1. The number of nitrogens with zero attached hydrogens (tertiary/aromatic N) is 4. The molecule has 4 heterocycles. The number of H-pyrrole nitrogens is 1. The lowest BCUT2D eigenvalue weighted by atomic mass is 9.75. The Morgan fingerprint density at radius 2 is 1.95 bits per heavy atom. The molecule has 0 radical (unpaired) electrons. The normalized spacial score (nSPS) is 18.6. The molecule has 38 heavy (non-hydrogen) atoms. The number of aryl methyl sites for hydroxylation is 1. The quantitative estimate of drug-likeness (QED) is 0.391.